The van der Waals surface area contributed by atoms with E-state index in [9.17, 15) is 4.79 Å². The van der Waals surface area contributed by atoms with Crippen molar-refractivity contribution in [3.05, 3.63) is 54.0 Å². The van der Waals surface area contributed by atoms with Crippen LogP contribution in [-0.2, 0) is 11.3 Å². The standard InChI is InChI=1S/C22H25N5O2/c1-15-4-6-16(7-5-15)13-29-22(28)27-11-2-3-18-19(27)9-12-26(18)21-17-8-10-23-20(17)24-14-25-21/h4-8,10,14,18-19H,2-3,9,11-13H2,1H3,(H,23,24,25). The van der Waals surface area contributed by atoms with E-state index in [4.69, 9.17) is 4.74 Å². The second kappa shape index (κ2) is 7.39. The molecule has 2 atom stereocenters. The highest BCUT2D eigenvalue weighted by Crippen LogP contribution is 2.36. The molecule has 0 radical (unpaired) electrons. The lowest BCUT2D eigenvalue weighted by Crippen LogP contribution is -2.52. The summed E-state index contributed by atoms with van der Waals surface area (Å²) in [5.41, 5.74) is 3.07. The molecule has 2 aliphatic heterocycles. The molecule has 2 unspecified atom stereocenters. The SMILES string of the molecule is Cc1ccc(COC(=O)N2CCCC3C2CCN3c2ncnc3[nH]ccc23)cc1. The van der Waals surface area contributed by atoms with Crippen LogP contribution in [0.25, 0.3) is 11.0 Å². The topological polar surface area (TPSA) is 74.3 Å². The molecule has 5 rings (SSSR count). The van der Waals surface area contributed by atoms with E-state index in [-0.39, 0.29) is 18.2 Å². The molecule has 0 saturated carbocycles. The third-order valence-electron chi connectivity index (χ3n) is 6.13. The van der Waals surface area contributed by atoms with Crippen molar-refractivity contribution in [2.75, 3.05) is 18.0 Å². The Morgan fingerprint density at radius 3 is 2.86 bits per heavy atom. The Morgan fingerprint density at radius 1 is 1.14 bits per heavy atom. The van der Waals surface area contributed by atoms with Crippen LogP contribution in [0.5, 0.6) is 0 Å². The van der Waals surface area contributed by atoms with Crippen LogP contribution in [-0.4, -0.2) is 51.1 Å². The van der Waals surface area contributed by atoms with Gasteiger partial charge in [-0.2, -0.15) is 0 Å². The molecule has 0 bridgehead atoms. The van der Waals surface area contributed by atoms with Gasteiger partial charge < -0.3 is 19.5 Å². The van der Waals surface area contributed by atoms with E-state index in [0.29, 0.717) is 6.61 Å². The molecule has 2 aromatic heterocycles. The summed E-state index contributed by atoms with van der Waals surface area (Å²) in [5.74, 6) is 0.957. The highest BCUT2D eigenvalue weighted by Gasteiger charge is 2.43. The molecule has 150 valence electrons. The molecule has 7 nitrogen and oxygen atoms in total. The van der Waals surface area contributed by atoms with Crippen molar-refractivity contribution in [2.24, 2.45) is 0 Å². The molecular weight excluding hydrogens is 366 g/mol. The summed E-state index contributed by atoms with van der Waals surface area (Å²) in [5, 5.41) is 1.03. The molecule has 1 amide bonds. The Kier molecular flexibility index (Phi) is 4.58. The van der Waals surface area contributed by atoms with Crippen LogP contribution in [0, 0.1) is 6.92 Å². The number of ether oxygens (including phenoxy) is 1. The number of benzene rings is 1. The second-order valence-corrected chi connectivity index (χ2v) is 7.93. The Morgan fingerprint density at radius 2 is 2.00 bits per heavy atom. The average Bonchev–Trinajstić information content (AvgIpc) is 3.39. The molecule has 0 aliphatic carbocycles. The van der Waals surface area contributed by atoms with E-state index >= 15 is 0 Å². The molecule has 7 heteroatoms. The molecular formula is C22H25N5O2. The lowest BCUT2D eigenvalue weighted by atomic mass is 9.97. The number of aromatic nitrogens is 3. The van der Waals surface area contributed by atoms with Gasteiger partial charge in [-0.05, 0) is 37.8 Å². The number of aryl methyl sites for hydroxylation is 1. The van der Waals surface area contributed by atoms with Crippen LogP contribution in [0.1, 0.15) is 30.4 Å². The number of carbonyl (C=O) groups is 1. The smallest absolute Gasteiger partial charge is 0.410 e. The molecule has 0 spiro atoms. The number of piperidine rings is 1. The zero-order valence-corrected chi connectivity index (χ0v) is 16.5. The van der Waals surface area contributed by atoms with E-state index in [1.165, 1.54) is 5.56 Å². The Hall–Kier alpha value is -3.09. The summed E-state index contributed by atoms with van der Waals surface area (Å²) < 4.78 is 5.65. The van der Waals surface area contributed by atoms with Gasteiger partial charge in [0.15, 0.2) is 0 Å². The molecule has 2 fully saturated rings. The summed E-state index contributed by atoms with van der Waals surface area (Å²) in [6, 6.07) is 10.6. The predicted molar refractivity (Wildman–Crippen MR) is 111 cm³/mol. The first-order valence-electron chi connectivity index (χ1n) is 10.2. The van der Waals surface area contributed by atoms with Gasteiger partial charge in [0.25, 0.3) is 0 Å². The van der Waals surface area contributed by atoms with Crippen molar-refractivity contribution >= 4 is 22.9 Å². The minimum atomic E-state index is -0.211. The number of carbonyl (C=O) groups excluding carboxylic acids is 1. The Labute approximate surface area is 169 Å². The summed E-state index contributed by atoms with van der Waals surface area (Å²) in [6.45, 7) is 4.00. The minimum Gasteiger partial charge on any atom is -0.445 e. The normalized spacial score (nSPS) is 21.4. The van der Waals surface area contributed by atoms with E-state index in [2.05, 4.69) is 26.8 Å². The van der Waals surface area contributed by atoms with Gasteiger partial charge in [-0.3, -0.25) is 0 Å². The van der Waals surface area contributed by atoms with E-state index < -0.39 is 0 Å². The molecule has 1 aromatic carbocycles. The van der Waals surface area contributed by atoms with Gasteiger partial charge >= 0.3 is 6.09 Å². The number of amides is 1. The number of nitrogens with one attached hydrogen (secondary N) is 1. The third kappa shape index (κ3) is 3.30. The predicted octanol–water partition coefficient (Wildman–Crippen LogP) is 3.65. The summed E-state index contributed by atoms with van der Waals surface area (Å²) in [4.78, 5) is 29.1. The van der Waals surface area contributed by atoms with E-state index in [1.807, 2.05) is 41.4 Å². The van der Waals surface area contributed by atoms with Gasteiger partial charge in [0.2, 0.25) is 0 Å². The Balaban J connectivity index is 1.30. The maximum atomic E-state index is 12.8. The minimum absolute atomic E-state index is 0.165. The van der Waals surface area contributed by atoms with Crippen molar-refractivity contribution in [1.82, 2.24) is 19.9 Å². The van der Waals surface area contributed by atoms with Gasteiger partial charge in [0.1, 0.15) is 24.4 Å². The van der Waals surface area contributed by atoms with Crippen LogP contribution < -0.4 is 4.90 Å². The number of hydrogen-bond donors (Lipinski definition) is 1. The van der Waals surface area contributed by atoms with E-state index in [0.717, 1.165) is 54.8 Å². The number of anilines is 1. The number of likely N-dealkylation sites (tertiary alicyclic amines) is 1. The summed E-state index contributed by atoms with van der Waals surface area (Å²) in [7, 11) is 0. The first-order valence-corrected chi connectivity index (χ1v) is 10.2. The fourth-order valence-corrected chi connectivity index (χ4v) is 4.68. The molecule has 2 saturated heterocycles. The second-order valence-electron chi connectivity index (χ2n) is 7.93. The van der Waals surface area contributed by atoms with Crippen molar-refractivity contribution in [3.8, 4) is 0 Å². The molecule has 29 heavy (non-hydrogen) atoms. The largest absolute Gasteiger partial charge is 0.445 e. The van der Waals surface area contributed by atoms with Crippen molar-refractivity contribution in [3.63, 3.8) is 0 Å². The average molecular weight is 391 g/mol. The van der Waals surface area contributed by atoms with Gasteiger partial charge in [0.05, 0.1) is 17.5 Å². The van der Waals surface area contributed by atoms with Gasteiger partial charge in [-0.1, -0.05) is 29.8 Å². The van der Waals surface area contributed by atoms with Crippen LogP contribution >= 0.6 is 0 Å². The third-order valence-corrected chi connectivity index (χ3v) is 6.13. The van der Waals surface area contributed by atoms with Crippen LogP contribution in [0.4, 0.5) is 10.6 Å². The van der Waals surface area contributed by atoms with Crippen molar-refractivity contribution in [2.45, 2.75) is 44.9 Å². The van der Waals surface area contributed by atoms with Crippen molar-refractivity contribution < 1.29 is 9.53 Å². The first kappa shape index (κ1) is 18.0. The van der Waals surface area contributed by atoms with Crippen LogP contribution in [0.2, 0.25) is 0 Å². The Bertz CT molecular complexity index is 1020. The van der Waals surface area contributed by atoms with Crippen LogP contribution in [0.15, 0.2) is 42.9 Å². The number of aromatic amines is 1. The first-order chi connectivity index (χ1) is 14.2. The number of rotatable bonds is 3. The zero-order valence-electron chi connectivity index (χ0n) is 16.5. The highest BCUT2D eigenvalue weighted by atomic mass is 16.6. The van der Waals surface area contributed by atoms with Gasteiger partial charge in [-0.15, -0.1) is 0 Å². The van der Waals surface area contributed by atoms with Gasteiger partial charge in [0, 0.05) is 19.3 Å². The van der Waals surface area contributed by atoms with Crippen molar-refractivity contribution in [1.29, 1.82) is 0 Å². The number of hydrogen-bond acceptors (Lipinski definition) is 5. The zero-order chi connectivity index (χ0) is 19.8. The number of nitrogens with zero attached hydrogens (tertiary/aromatic N) is 4. The summed E-state index contributed by atoms with van der Waals surface area (Å²) >= 11 is 0. The molecule has 2 aliphatic rings. The quantitative estimate of drug-likeness (QED) is 0.738. The number of fused-ring (bicyclic) bond motifs is 2. The fourth-order valence-electron chi connectivity index (χ4n) is 4.68. The molecule has 1 N–H and O–H groups in total. The lowest BCUT2D eigenvalue weighted by Gasteiger charge is -2.39. The summed E-state index contributed by atoms with van der Waals surface area (Å²) in [6.07, 6.45) is 6.25. The van der Waals surface area contributed by atoms with Gasteiger partial charge in [-0.25, -0.2) is 14.8 Å². The fraction of sp³-hybridized carbons (Fsp3) is 0.409. The lowest BCUT2D eigenvalue weighted by molar-refractivity contribution is 0.0673. The number of H-pyrrole nitrogens is 1. The monoisotopic (exact) mass is 391 g/mol. The highest BCUT2D eigenvalue weighted by molar-refractivity contribution is 5.87. The maximum Gasteiger partial charge on any atom is 0.410 e. The van der Waals surface area contributed by atoms with Crippen LogP contribution in [0.3, 0.4) is 0 Å². The molecule has 4 heterocycles. The maximum absolute atomic E-state index is 12.8. The molecule has 3 aromatic rings. The van der Waals surface area contributed by atoms with E-state index in [1.54, 1.807) is 6.33 Å².